The molecular weight excluding hydrogens is 671 g/mol. The quantitative estimate of drug-likeness (QED) is 0.0326. The number of amides is 1. The number of carbonyl (C=O) groups is 2. The highest BCUT2D eigenvalue weighted by Crippen LogP contribution is 2.15. The Bertz CT molecular complexity index is 802. The van der Waals surface area contributed by atoms with Crippen molar-refractivity contribution in [3.05, 3.63) is 12.2 Å². The topological polar surface area (TPSA) is 95.9 Å². The molecule has 0 spiro atoms. The third-order valence-electron chi connectivity index (χ3n) is 11.1. The van der Waals surface area contributed by atoms with Gasteiger partial charge in [-0.15, -0.1) is 0 Å². The molecule has 0 radical (unpaired) electrons. The molecule has 0 aromatic carbocycles. The molecule has 6 heteroatoms. The second-order valence-corrected chi connectivity index (χ2v) is 16.4. The molecule has 3 N–H and O–H groups in total. The summed E-state index contributed by atoms with van der Waals surface area (Å²) in [4.78, 5) is 24.4. The summed E-state index contributed by atoms with van der Waals surface area (Å²) < 4.78 is 5.45. The van der Waals surface area contributed by atoms with Crippen LogP contribution in [-0.2, 0) is 14.3 Å². The standard InChI is InChI=1S/C48H93NO5/c1-3-5-7-9-11-13-15-16-17-18-19-21-26-30-34-38-42-48(53)54-43-39-35-31-27-23-22-25-29-33-37-41-47(52)49-45(44-50)46(51)40-36-32-28-24-20-14-12-10-8-6-4-2/h17-18,45-46,50-51H,3-16,19-44H2,1-2H3,(H,49,52)/b18-17-. The molecule has 0 aromatic rings. The molecule has 0 aliphatic rings. The zero-order valence-corrected chi connectivity index (χ0v) is 36.2. The van der Waals surface area contributed by atoms with E-state index in [1.54, 1.807) is 0 Å². The maximum atomic E-state index is 12.4. The van der Waals surface area contributed by atoms with Crippen molar-refractivity contribution in [2.75, 3.05) is 13.2 Å². The van der Waals surface area contributed by atoms with Crippen molar-refractivity contribution in [1.29, 1.82) is 0 Å². The van der Waals surface area contributed by atoms with E-state index < -0.39 is 12.1 Å². The van der Waals surface area contributed by atoms with Crippen molar-refractivity contribution in [3.8, 4) is 0 Å². The van der Waals surface area contributed by atoms with Gasteiger partial charge in [0.1, 0.15) is 0 Å². The van der Waals surface area contributed by atoms with Crippen LogP contribution in [0.3, 0.4) is 0 Å². The Hall–Kier alpha value is -1.40. The van der Waals surface area contributed by atoms with Crippen LogP contribution in [0.25, 0.3) is 0 Å². The van der Waals surface area contributed by atoms with E-state index in [2.05, 4.69) is 31.3 Å². The Balaban J connectivity index is 3.47. The van der Waals surface area contributed by atoms with Crippen molar-refractivity contribution >= 4 is 11.9 Å². The lowest BCUT2D eigenvalue weighted by Crippen LogP contribution is -2.45. The predicted octanol–water partition coefficient (Wildman–Crippen LogP) is 13.8. The summed E-state index contributed by atoms with van der Waals surface area (Å²) in [5.74, 6) is -0.0858. The molecule has 0 bridgehead atoms. The summed E-state index contributed by atoms with van der Waals surface area (Å²) >= 11 is 0. The number of hydrogen-bond donors (Lipinski definition) is 3. The smallest absolute Gasteiger partial charge is 0.305 e. The first-order valence-electron chi connectivity index (χ1n) is 23.9. The zero-order chi connectivity index (χ0) is 39.4. The number of aliphatic hydroxyl groups excluding tert-OH is 2. The Labute approximate surface area is 336 Å². The van der Waals surface area contributed by atoms with E-state index in [0.29, 0.717) is 25.9 Å². The lowest BCUT2D eigenvalue weighted by atomic mass is 10.0. The predicted molar refractivity (Wildman–Crippen MR) is 232 cm³/mol. The van der Waals surface area contributed by atoms with Crippen LogP contribution in [0, 0.1) is 0 Å². The SMILES string of the molecule is CCCCCCCCC/C=C\CCCCCCCC(=O)OCCCCCCCCCCCCC(=O)NC(CO)C(O)CCCCCCCCCCCCC. The summed E-state index contributed by atoms with van der Waals surface area (Å²) in [6.07, 6.45) is 48.8. The number of unbranched alkanes of at least 4 members (excludes halogenated alkanes) is 31. The fraction of sp³-hybridized carbons (Fsp3) is 0.917. The Morgan fingerprint density at radius 1 is 0.500 bits per heavy atom. The van der Waals surface area contributed by atoms with Crippen LogP contribution < -0.4 is 5.32 Å². The van der Waals surface area contributed by atoms with E-state index in [-0.39, 0.29) is 18.5 Å². The summed E-state index contributed by atoms with van der Waals surface area (Å²) in [5.41, 5.74) is 0. The Morgan fingerprint density at radius 3 is 1.31 bits per heavy atom. The highest BCUT2D eigenvalue weighted by molar-refractivity contribution is 5.76. The normalized spacial score (nSPS) is 12.7. The van der Waals surface area contributed by atoms with Gasteiger partial charge in [-0.05, 0) is 51.4 Å². The number of allylic oxidation sites excluding steroid dienone is 2. The number of ether oxygens (including phenoxy) is 1. The van der Waals surface area contributed by atoms with Crippen LogP contribution in [-0.4, -0.2) is 47.4 Å². The summed E-state index contributed by atoms with van der Waals surface area (Å²) in [7, 11) is 0. The zero-order valence-electron chi connectivity index (χ0n) is 36.2. The molecular formula is C48H93NO5. The molecule has 0 saturated heterocycles. The van der Waals surface area contributed by atoms with Crippen LogP contribution in [0.15, 0.2) is 12.2 Å². The first-order chi connectivity index (χ1) is 26.5. The number of hydrogen-bond acceptors (Lipinski definition) is 5. The molecule has 6 nitrogen and oxygen atoms in total. The molecule has 0 rings (SSSR count). The van der Waals surface area contributed by atoms with Crippen molar-refractivity contribution in [2.24, 2.45) is 0 Å². The van der Waals surface area contributed by atoms with Gasteiger partial charge in [-0.3, -0.25) is 9.59 Å². The fourth-order valence-electron chi connectivity index (χ4n) is 7.34. The number of esters is 1. The van der Waals surface area contributed by atoms with Crippen LogP contribution in [0.4, 0.5) is 0 Å². The monoisotopic (exact) mass is 764 g/mol. The van der Waals surface area contributed by atoms with E-state index in [1.165, 1.54) is 167 Å². The van der Waals surface area contributed by atoms with Gasteiger partial charge in [-0.25, -0.2) is 0 Å². The highest BCUT2D eigenvalue weighted by Gasteiger charge is 2.20. The molecule has 1 amide bonds. The van der Waals surface area contributed by atoms with Gasteiger partial charge in [-0.1, -0.05) is 206 Å². The molecule has 0 heterocycles. The molecule has 320 valence electrons. The van der Waals surface area contributed by atoms with Crippen molar-refractivity contribution in [1.82, 2.24) is 5.32 Å². The maximum absolute atomic E-state index is 12.4. The second kappa shape index (κ2) is 44.3. The van der Waals surface area contributed by atoms with E-state index in [9.17, 15) is 19.8 Å². The third kappa shape index (κ3) is 40.3. The number of carbonyl (C=O) groups excluding carboxylic acids is 2. The van der Waals surface area contributed by atoms with Crippen LogP contribution in [0.1, 0.15) is 258 Å². The van der Waals surface area contributed by atoms with Crippen molar-refractivity contribution < 1.29 is 24.5 Å². The van der Waals surface area contributed by atoms with Gasteiger partial charge in [0.15, 0.2) is 0 Å². The molecule has 0 aliphatic heterocycles. The first kappa shape index (κ1) is 52.6. The van der Waals surface area contributed by atoms with Gasteiger partial charge in [0.25, 0.3) is 0 Å². The first-order valence-corrected chi connectivity index (χ1v) is 23.9. The molecule has 0 saturated carbocycles. The van der Waals surface area contributed by atoms with Crippen molar-refractivity contribution in [2.45, 2.75) is 270 Å². The largest absolute Gasteiger partial charge is 0.466 e. The third-order valence-corrected chi connectivity index (χ3v) is 11.1. The van der Waals surface area contributed by atoms with Gasteiger partial charge < -0.3 is 20.3 Å². The molecule has 54 heavy (non-hydrogen) atoms. The van der Waals surface area contributed by atoms with Gasteiger partial charge in [0, 0.05) is 12.8 Å². The van der Waals surface area contributed by atoms with Gasteiger partial charge >= 0.3 is 5.97 Å². The highest BCUT2D eigenvalue weighted by atomic mass is 16.5. The van der Waals surface area contributed by atoms with Gasteiger partial charge in [-0.2, -0.15) is 0 Å². The Morgan fingerprint density at radius 2 is 0.870 bits per heavy atom. The summed E-state index contributed by atoms with van der Waals surface area (Å²) in [5, 5.41) is 23.1. The molecule has 0 fully saturated rings. The average molecular weight is 764 g/mol. The minimum absolute atomic E-state index is 0.0265. The van der Waals surface area contributed by atoms with Crippen molar-refractivity contribution in [3.63, 3.8) is 0 Å². The van der Waals surface area contributed by atoms with E-state index in [4.69, 9.17) is 4.74 Å². The molecule has 0 aliphatic carbocycles. The molecule has 2 atom stereocenters. The average Bonchev–Trinajstić information content (AvgIpc) is 3.17. The fourth-order valence-corrected chi connectivity index (χ4v) is 7.34. The number of rotatable bonds is 44. The number of nitrogens with one attached hydrogen (secondary N) is 1. The minimum Gasteiger partial charge on any atom is -0.466 e. The summed E-state index contributed by atoms with van der Waals surface area (Å²) in [6, 6.07) is -0.556. The maximum Gasteiger partial charge on any atom is 0.305 e. The summed E-state index contributed by atoms with van der Waals surface area (Å²) in [6.45, 7) is 4.88. The second-order valence-electron chi connectivity index (χ2n) is 16.4. The Kier molecular flexibility index (Phi) is 43.2. The lowest BCUT2D eigenvalue weighted by molar-refractivity contribution is -0.143. The van der Waals surface area contributed by atoms with Gasteiger partial charge in [0.05, 0.1) is 25.4 Å². The minimum atomic E-state index is -0.676. The van der Waals surface area contributed by atoms with Crippen LogP contribution in [0.2, 0.25) is 0 Å². The van der Waals surface area contributed by atoms with E-state index in [1.807, 2.05) is 0 Å². The van der Waals surface area contributed by atoms with Gasteiger partial charge in [0.2, 0.25) is 5.91 Å². The number of aliphatic hydroxyl groups is 2. The van der Waals surface area contributed by atoms with E-state index in [0.717, 1.165) is 57.8 Å². The van der Waals surface area contributed by atoms with Crippen LogP contribution >= 0.6 is 0 Å². The van der Waals surface area contributed by atoms with Crippen LogP contribution in [0.5, 0.6) is 0 Å². The molecule has 2 unspecified atom stereocenters. The van der Waals surface area contributed by atoms with E-state index >= 15 is 0 Å². The molecule has 0 aromatic heterocycles. The lowest BCUT2D eigenvalue weighted by Gasteiger charge is -2.22.